The summed E-state index contributed by atoms with van der Waals surface area (Å²) >= 11 is 0. The lowest BCUT2D eigenvalue weighted by atomic mass is 10.2. The Balaban J connectivity index is 2.02. The summed E-state index contributed by atoms with van der Waals surface area (Å²) in [5.41, 5.74) is 4.38. The highest BCUT2D eigenvalue weighted by molar-refractivity contribution is 5.40. The van der Waals surface area contributed by atoms with Gasteiger partial charge in [0.15, 0.2) is 0 Å². The fourth-order valence-corrected chi connectivity index (χ4v) is 1.94. The van der Waals surface area contributed by atoms with Crippen LogP contribution in [0.2, 0.25) is 0 Å². The van der Waals surface area contributed by atoms with Gasteiger partial charge in [-0.2, -0.15) is 10.2 Å². The summed E-state index contributed by atoms with van der Waals surface area (Å²) in [6, 6.07) is 0. The first kappa shape index (κ1) is 12.6. The predicted molar refractivity (Wildman–Crippen MR) is 69.3 cm³/mol. The van der Waals surface area contributed by atoms with Gasteiger partial charge in [-0.15, -0.1) is 0 Å². The molecule has 0 aromatic carbocycles. The summed E-state index contributed by atoms with van der Waals surface area (Å²) in [6.07, 6.45) is 3.65. The van der Waals surface area contributed by atoms with Gasteiger partial charge in [-0.3, -0.25) is 9.36 Å². The molecule has 0 radical (unpaired) electrons. The lowest BCUT2D eigenvalue weighted by Gasteiger charge is -2.04. The number of nitrogens with zero attached hydrogens (tertiary/aromatic N) is 4. The van der Waals surface area contributed by atoms with Crippen LogP contribution in [0, 0.1) is 13.8 Å². The molecule has 6 heteroatoms. The van der Waals surface area contributed by atoms with Crippen LogP contribution in [0.15, 0.2) is 12.4 Å². The van der Waals surface area contributed by atoms with E-state index in [1.54, 1.807) is 10.9 Å². The van der Waals surface area contributed by atoms with Gasteiger partial charge in [0.05, 0.1) is 30.7 Å². The fraction of sp³-hybridized carbons (Fsp3) is 0.500. The van der Waals surface area contributed by atoms with Crippen LogP contribution in [0.5, 0.6) is 0 Å². The zero-order chi connectivity index (χ0) is 13.1. The van der Waals surface area contributed by atoms with Gasteiger partial charge in [-0.25, -0.2) is 0 Å². The van der Waals surface area contributed by atoms with Crippen LogP contribution < -0.4 is 5.32 Å². The van der Waals surface area contributed by atoms with Crippen molar-refractivity contribution >= 4 is 5.69 Å². The Hall–Kier alpha value is -1.82. The standard InChI is InChI=1S/C12H19N5O/c1-9-12(10(2)16(3)15-9)7-13-11-6-14-17(8-11)4-5-18/h6,8,13,18H,4-5,7H2,1-3H3. The van der Waals surface area contributed by atoms with Gasteiger partial charge in [0, 0.05) is 31.0 Å². The van der Waals surface area contributed by atoms with Crippen molar-refractivity contribution in [1.29, 1.82) is 0 Å². The molecular weight excluding hydrogens is 230 g/mol. The van der Waals surface area contributed by atoms with Crippen LogP contribution in [0.1, 0.15) is 17.0 Å². The molecule has 6 nitrogen and oxygen atoms in total. The van der Waals surface area contributed by atoms with E-state index in [9.17, 15) is 0 Å². The number of anilines is 1. The van der Waals surface area contributed by atoms with E-state index >= 15 is 0 Å². The summed E-state index contributed by atoms with van der Waals surface area (Å²) < 4.78 is 3.60. The van der Waals surface area contributed by atoms with E-state index in [-0.39, 0.29) is 6.61 Å². The van der Waals surface area contributed by atoms with Gasteiger partial charge < -0.3 is 10.4 Å². The summed E-state index contributed by atoms with van der Waals surface area (Å²) in [4.78, 5) is 0. The number of aliphatic hydroxyl groups excluding tert-OH is 1. The van der Waals surface area contributed by atoms with Crippen molar-refractivity contribution < 1.29 is 5.11 Å². The van der Waals surface area contributed by atoms with Crippen LogP contribution in [0.3, 0.4) is 0 Å². The summed E-state index contributed by atoms with van der Waals surface area (Å²) in [6.45, 7) is 5.43. The highest BCUT2D eigenvalue weighted by Gasteiger charge is 2.09. The molecule has 0 bridgehead atoms. The first-order valence-electron chi connectivity index (χ1n) is 5.98. The summed E-state index contributed by atoms with van der Waals surface area (Å²) in [7, 11) is 1.95. The second-order valence-electron chi connectivity index (χ2n) is 4.34. The third-order valence-electron chi connectivity index (χ3n) is 3.09. The summed E-state index contributed by atoms with van der Waals surface area (Å²) in [5, 5.41) is 20.7. The van der Waals surface area contributed by atoms with Crippen molar-refractivity contribution in [3.05, 3.63) is 29.3 Å². The molecule has 0 aliphatic heterocycles. The van der Waals surface area contributed by atoms with Gasteiger partial charge >= 0.3 is 0 Å². The minimum atomic E-state index is 0.0991. The predicted octanol–water partition coefficient (Wildman–Crippen LogP) is 0.838. The van der Waals surface area contributed by atoms with Gasteiger partial charge in [0.1, 0.15) is 0 Å². The number of aliphatic hydroxyl groups is 1. The Labute approximate surface area is 106 Å². The Kier molecular flexibility index (Phi) is 3.66. The van der Waals surface area contributed by atoms with Gasteiger partial charge in [0.2, 0.25) is 0 Å². The van der Waals surface area contributed by atoms with E-state index < -0.39 is 0 Å². The van der Waals surface area contributed by atoms with E-state index in [1.807, 2.05) is 24.9 Å². The minimum absolute atomic E-state index is 0.0991. The maximum Gasteiger partial charge on any atom is 0.0729 e. The first-order valence-corrected chi connectivity index (χ1v) is 5.98. The molecule has 0 aliphatic carbocycles. The summed E-state index contributed by atoms with van der Waals surface area (Å²) in [5.74, 6) is 0. The second kappa shape index (κ2) is 5.22. The maximum absolute atomic E-state index is 8.82. The van der Waals surface area contributed by atoms with Gasteiger partial charge in [-0.05, 0) is 13.8 Å². The lowest BCUT2D eigenvalue weighted by Crippen LogP contribution is -2.03. The largest absolute Gasteiger partial charge is 0.394 e. The molecule has 0 aliphatic rings. The van der Waals surface area contributed by atoms with Crippen molar-refractivity contribution in [1.82, 2.24) is 19.6 Å². The highest BCUT2D eigenvalue weighted by Crippen LogP contribution is 2.14. The third-order valence-corrected chi connectivity index (χ3v) is 3.09. The maximum atomic E-state index is 8.82. The Morgan fingerprint density at radius 3 is 2.78 bits per heavy atom. The number of aryl methyl sites for hydroxylation is 2. The number of aromatic nitrogens is 4. The minimum Gasteiger partial charge on any atom is -0.394 e. The molecule has 0 unspecified atom stereocenters. The molecule has 2 N–H and O–H groups in total. The van der Waals surface area contributed by atoms with Crippen LogP contribution in [-0.2, 0) is 20.1 Å². The quantitative estimate of drug-likeness (QED) is 0.824. The normalized spacial score (nSPS) is 10.9. The molecule has 98 valence electrons. The fourth-order valence-electron chi connectivity index (χ4n) is 1.94. The highest BCUT2D eigenvalue weighted by atomic mass is 16.3. The smallest absolute Gasteiger partial charge is 0.0729 e. The van der Waals surface area contributed by atoms with E-state index in [2.05, 4.69) is 22.4 Å². The molecule has 2 rings (SSSR count). The molecule has 18 heavy (non-hydrogen) atoms. The third kappa shape index (κ3) is 2.53. The molecule has 2 heterocycles. The first-order chi connectivity index (χ1) is 8.61. The molecule has 0 saturated heterocycles. The number of rotatable bonds is 5. The molecule has 0 saturated carbocycles. The SMILES string of the molecule is Cc1nn(C)c(C)c1CNc1cnn(CCO)c1. The lowest BCUT2D eigenvalue weighted by molar-refractivity contribution is 0.269. The molecule has 2 aromatic heterocycles. The molecule has 0 amide bonds. The van der Waals surface area contributed by atoms with E-state index in [0.29, 0.717) is 6.54 Å². The second-order valence-corrected chi connectivity index (χ2v) is 4.34. The van der Waals surface area contributed by atoms with Crippen LogP contribution in [0.4, 0.5) is 5.69 Å². The zero-order valence-corrected chi connectivity index (χ0v) is 11.0. The molecule has 0 spiro atoms. The molecular formula is C12H19N5O. The number of nitrogens with one attached hydrogen (secondary N) is 1. The number of hydrogen-bond acceptors (Lipinski definition) is 4. The van der Waals surface area contributed by atoms with Crippen LogP contribution in [0.25, 0.3) is 0 Å². The Morgan fingerprint density at radius 2 is 2.17 bits per heavy atom. The van der Waals surface area contributed by atoms with Crippen LogP contribution >= 0.6 is 0 Å². The zero-order valence-electron chi connectivity index (χ0n) is 11.0. The molecule has 0 fully saturated rings. The average molecular weight is 249 g/mol. The van der Waals surface area contributed by atoms with Crippen molar-refractivity contribution in [2.75, 3.05) is 11.9 Å². The Bertz CT molecular complexity index is 529. The van der Waals surface area contributed by atoms with Gasteiger partial charge in [-0.1, -0.05) is 0 Å². The molecule has 0 atom stereocenters. The van der Waals surface area contributed by atoms with Gasteiger partial charge in [0.25, 0.3) is 0 Å². The van der Waals surface area contributed by atoms with E-state index in [4.69, 9.17) is 5.11 Å². The monoisotopic (exact) mass is 249 g/mol. The van der Waals surface area contributed by atoms with Crippen molar-refractivity contribution in [3.8, 4) is 0 Å². The van der Waals surface area contributed by atoms with E-state index in [0.717, 1.165) is 17.9 Å². The topological polar surface area (TPSA) is 67.9 Å². The average Bonchev–Trinajstić information content (AvgIpc) is 2.85. The molecule has 2 aromatic rings. The van der Waals surface area contributed by atoms with Crippen molar-refractivity contribution in [2.24, 2.45) is 7.05 Å². The van der Waals surface area contributed by atoms with Crippen LogP contribution in [-0.4, -0.2) is 31.3 Å². The Morgan fingerprint density at radius 1 is 1.39 bits per heavy atom. The van der Waals surface area contributed by atoms with E-state index in [1.165, 1.54) is 11.3 Å². The number of hydrogen-bond donors (Lipinski definition) is 2. The van der Waals surface area contributed by atoms with Crippen molar-refractivity contribution in [2.45, 2.75) is 26.9 Å². The van der Waals surface area contributed by atoms with Crippen molar-refractivity contribution in [3.63, 3.8) is 0 Å².